The molecule has 0 N–H and O–H groups in total. The first-order valence-electron chi connectivity index (χ1n) is 18.1. The van der Waals surface area contributed by atoms with E-state index in [2.05, 4.69) is 13.8 Å². The van der Waals surface area contributed by atoms with Crippen molar-refractivity contribution in [1.29, 1.82) is 0 Å². The number of carbonyl (C=O) groups excluding carboxylic acids is 2. The standard InChI is InChI=1S/C37H62O2/c1-3-5-6-7-8-9-11-29-14-18-31(19-15-29)33-22-26-37(27-23-33)34(38)36(35(37)39)24-20-32(21-25-36)30-16-12-28(10-4-2)13-17-30/h28-33H,3-27H2,1-2H3/t28-,29-,30-,31-,32?,33?,36?,37?. The number of hydrogen-bond donors (Lipinski definition) is 0. The number of hydrogen-bond acceptors (Lipinski definition) is 2. The molecule has 2 spiro atoms. The van der Waals surface area contributed by atoms with Crippen molar-refractivity contribution in [3.8, 4) is 0 Å². The first-order chi connectivity index (χ1) is 19.0. The lowest BCUT2D eigenvalue weighted by Gasteiger charge is -2.58. The van der Waals surface area contributed by atoms with Gasteiger partial charge in [0.1, 0.15) is 0 Å². The fourth-order valence-corrected chi connectivity index (χ4v) is 10.7. The van der Waals surface area contributed by atoms with E-state index in [0.717, 1.165) is 86.9 Å². The molecule has 2 nitrogen and oxygen atoms in total. The first-order valence-corrected chi connectivity index (χ1v) is 18.1. The van der Waals surface area contributed by atoms with Crippen molar-refractivity contribution in [1.82, 2.24) is 0 Å². The molecular formula is C37H62O2. The van der Waals surface area contributed by atoms with E-state index in [4.69, 9.17) is 0 Å². The van der Waals surface area contributed by atoms with Crippen LogP contribution in [0.1, 0.15) is 174 Å². The SMILES string of the molecule is CCCCCCCC[C@H]1CC[C@H](C2CCC3(CC2)C(=O)C2(CCC([C@H]4CC[C@H](CCC)CC4)CC2)C3=O)CC1. The normalized spacial score (nSPS) is 41.2. The molecule has 0 radical (unpaired) electrons. The highest BCUT2D eigenvalue weighted by Crippen LogP contribution is 2.63. The van der Waals surface area contributed by atoms with Gasteiger partial charge in [-0.1, -0.05) is 97.3 Å². The third-order valence-electron chi connectivity index (χ3n) is 13.3. The van der Waals surface area contributed by atoms with Crippen LogP contribution in [0.2, 0.25) is 0 Å². The lowest BCUT2D eigenvalue weighted by molar-refractivity contribution is -0.179. The van der Waals surface area contributed by atoms with Crippen molar-refractivity contribution in [2.75, 3.05) is 0 Å². The molecule has 39 heavy (non-hydrogen) atoms. The number of Topliss-reactive ketones (excluding diaryl/α,β-unsaturated/α-hetero) is 2. The van der Waals surface area contributed by atoms with Gasteiger partial charge in [-0.15, -0.1) is 0 Å². The summed E-state index contributed by atoms with van der Waals surface area (Å²) in [5.41, 5.74) is -1.09. The van der Waals surface area contributed by atoms with Crippen LogP contribution in [-0.2, 0) is 9.59 Å². The zero-order chi connectivity index (χ0) is 27.3. The van der Waals surface area contributed by atoms with Crippen LogP contribution in [0.15, 0.2) is 0 Å². The second-order valence-corrected chi connectivity index (χ2v) is 15.4. The summed E-state index contributed by atoms with van der Waals surface area (Å²) in [7, 11) is 0. The van der Waals surface area contributed by atoms with Gasteiger partial charge in [0, 0.05) is 0 Å². The average molecular weight is 539 g/mol. The molecule has 5 aliphatic carbocycles. The van der Waals surface area contributed by atoms with Gasteiger partial charge in [0.2, 0.25) is 0 Å². The van der Waals surface area contributed by atoms with Crippen molar-refractivity contribution in [2.24, 2.45) is 46.3 Å². The summed E-state index contributed by atoms with van der Waals surface area (Å²) in [6, 6.07) is 0. The van der Waals surface area contributed by atoms with Crippen LogP contribution in [0.3, 0.4) is 0 Å². The van der Waals surface area contributed by atoms with E-state index in [-0.39, 0.29) is 0 Å². The molecule has 2 heteroatoms. The minimum absolute atomic E-state index is 0.409. The van der Waals surface area contributed by atoms with E-state index in [1.165, 1.54) is 109 Å². The van der Waals surface area contributed by atoms with Crippen molar-refractivity contribution in [3.63, 3.8) is 0 Å². The Hall–Kier alpha value is -0.660. The zero-order valence-electron chi connectivity index (χ0n) is 26.0. The number of rotatable bonds is 11. The fourth-order valence-electron chi connectivity index (χ4n) is 10.7. The lowest BCUT2D eigenvalue weighted by Crippen LogP contribution is -2.68. The Balaban J connectivity index is 1.02. The molecule has 222 valence electrons. The van der Waals surface area contributed by atoms with E-state index in [1.54, 1.807) is 0 Å². The molecule has 5 saturated carbocycles. The minimum Gasteiger partial charge on any atom is -0.297 e. The zero-order valence-corrected chi connectivity index (χ0v) is 26.0. The van der Waals surface area contributed by atoms with E-state index in [9.17, 15) is 9.59 Å². The van der Waals surface area contributed by atoms with Gasteiger partial charge >= 0.3 is 0 Å². The van der Waals surface area contributed by atoms with E-state index in [1.807, 2.05) is 0 Å². The Bertz CT molecular complexity index is 760. The first kappa shape index (κ1) is 29.8. The molecule has 0 aromatic heterocycles. The van der Waals surface area contributed by atoms with Crippen LogP contribution in [0.5, 0.6) is 0 Å². The van der Waals surface area contributed by atoms with Crippen molar-refractivity contribution >= 4 is 11.6 Å². The third-order valence-corrected chi connectivity index (χ3v) is 13.3. The molecule has 5 fully saturated rings. The molecule has 0 unspecified atom stereocenters. The Morgan fingerprint density at radius 1 is 0.462 bits per heavy atom. The smallest absolute Gasteiger partial charge is 0.159 e. The lowest BCUT2D eigenvalue weighted by atomic mass is 9.41. The Morgan fingerprint density at radius 2 is 0.846 bits per heavy atom. The molecule has 5 aliphatic rings. The second kappa shape index (κ2) is 13.5. The Labute approximate surface area is 241 Å². The fraction of sp³-hybridized carbons (Fsp3) is 0.946. The summed E-state index contributed by atoms with van der Waals surface area (Å²) in [4.78, 5) is 27.6. The van der Waals surface area contributed by atoms with Crippen LogP contribution in [-0.4, -0.2) is 11.6 Å². The van der Waals surface area contributed by atoms with E-state index in [0.29, 0.717) is 11.6 Å². The van der Waals surface area contributed by atoms with Crippen molar-refractivity contribution in [3.05, 3.63) is 0 Å². The summed E-state index contributed by atoms with van der Waals surface area (Å²) in [6.45, 7) is 4.62. The van der Waals surface area contributed by atoms with E-state index < -0.39 is 10.8 Å². The highest BCUT2D eigenvalue weighted by Gasteiger charge is 2.71. The van der Waals surface area contributed by atoms with Crippen LogP contribution in [0, 0.1) is 46.3 Å². The molecule has 0 aromatic rings. The molecule has 0 heterocycles. The van der Waals surface area contributed by atoms with Gasteiger partial charge in [0.05, 0.1) is 10.8 Å². The molecule has 0 atom stereocenters. The quantitative estimate of drug-likeness (QED) is 0.194. The second-order valence-electron chi connectivity index (χ2n) is 15.4. The van der Waals surface area contributed by atoms with Gasteiger partial charge in [-0.05, 0) is 113 Å². The number of unbranched alkanes of at least 4 members (excludes halogenated alkanes) is 5. The molecule has 0 saturated heterocycles. The summed E-state index contributed by atoms with van der Waals surface area (Å²) < 4.78 is 0. The molecule has 5 rings (SSSR count). The summed E-state index contributed by atoms with van der Waals surface area (Å²) in [5.74, 6) is 6.04. The molecular weight excluding hydrogens is 476 g/mol. The van der Waals surface area contributed by atoms with Crippen molar-refractivity contribution in [2.45, 2.75) is 174 Å². The topological polar surface area (TPSA) is 34.1 Å². The van der Waals surface area contributed by atoms with Gasteiger partial charge < -0.3 is 0 Å². The molecule has 0 bridgehead atoms. The average Bonchev–Trinajstić information content (AvgIpc) is 2.99. The third kappa shape index (κ3) is 6.26. The Morgan fingerprint density at radius 3 is 1.28 bits per heavy atom. The maximum atomic E-state index is 13.8. The summed E-state index contributed by atoms with van der Waals surface area (Å²) >= 11 is 0. The van der Waals surface area contributed by atoms with Crippen LogP contribution in [0.25, 0.3) is 0 Å². The Kier molecular flexibility index (Phi) is 10.4. The van der Waals surface area contributed by atoms with Gasteiger partial charge in [0.15, 0.2) is 11.6 Å². The van der Waals surface area contributed by atoms with E-state index >= 15 is 0 Å². The predicted octanol–water partition coefficient (Wildman–Crippen LogP) is 10.7. The van der Waals surface area contributed by atoms with Crippen LogP contribution in [0.4, 0.5) is 0 Å². The maximum Gasteiger partial charge on any atom is 0.159 e. The van der Waals surface area contributed by atoms with Gasteiger partial charge in [-0.25, -0.2) is 0 Å². The van der Waals surface area contributed by atoms with Gasteiger partial charge in [0.25, 0.3) is 0 Å². The van der Waals surface area contributed by atoms with Crippen molar-refractivity contribution < 1.29 is 9.59 Å². The largest absolute Gasteiger partial charge is 0.297 e. The van der Waals surface area contributed by atoms with Crippen LogP contribution < -0.4 is 0 Å². The van der Waals surface area contributed by atoms with Crippen LogP contribution >= 0.6 is 0 Å². The molecule has 0 aromatic carbocycles. The summed E-state index contributed by atoms with van der Waals surface area (Å²) in [6.07, 6.45) is 32.1. The molecule has 0 aliphatic heterocycles. The highest BCUT2D eigenvalue weighted by atomic mass is 16.2. The minimum atomic E-state index is -0.545. The number of ketones is 2. The van der Waals surface area contributed by atoms with Gasteiger partial charge in [-0.3, -0.25) is 9.59 Å². The monoisotopic (exact) mass is 538 g/mol. The highest BCUT2D eigenvalue weighted by molar-refractivity contribution is 6.30. The van der Waals surface area contributed by atoms with Gasteiger partial charge in [-0.2, -0.15) is 0 Å². The predicted molar refractivity (Wildman–Crippen MR) is 163 cm³/mol. The summed E-state index contributed by atoms with van der Waals surface area (Å²) in [5, 5.41) is 0. The number of carbonyl (C=O) groups is 2. The maximum absolute atomic E-state index is 13.8. The molecule has 0 amide bonds.